The summed E-state index contributed by atoms with van der Waals surface area (Å²) in [6, 6.07) is 4.82. The van der Waals surface area contributed by atoms with Gasteiger partial charge in [0.05, 0.1) is 4.92 Å². The molecule has 1 amide bonds. The van der Waals surface area contributed by atoms with E-state index in [-0.39, 0.29) is 23.2 Å². The van der Waals surface area contributed by atoms with Gasteiger partial charge in [0.2, 0.25) is 0 Å². The summed E-state index contributed by atoms with van der Waals surface area (Å²) in [5.41, 5.74) is 0.739. The number of amides is 1. The fourth-order valence-corrected chi connectivity index (χ4v) is 3.17. The van der Waals surface area contributed by atoms with E-state index in [1.165, 1.54) is 6.07 Å². The van der Waals surface area contributed by atoms with Crippen molar-refractivity contribution >= 4 is 23.2 Å². The normalized spacial score (nSPS) is 18.6. The van der Waals surface area contributed by atoms with Gasteiger partial charge in [0.1, 0.15) is 5.56 Å². The number of carbonyl (C=O) groups excluding carboxylic acids is 1. The van der Waals surface area contributed by atoms with Crippen LogP contribution in [0.2, 0.25) is 0 Å². The predicted octanol–water partition coefficient (Wildman–Crippen LogP) is 3.53. The van der Waals surface area contributed by atoms with Crippen LogP contribution in [0.15, 0.2) is 18.2 Å². The van der Waals surface area contributed by atoms with Gasteiger partial charge < -0.3 is 4.90 Å². The summed E-state index contributed by atoms with van der Waals surface area (Å²) in [6.45, 7) is 2.38. The van der Waals surface area contributed by atoms with Gasteiger partial charge in [0.25, 0.3) is 11.6 Å². The minimum absolute atomic E-state index is 0.0861. The monoisotopic (exact) mass is 310 g/mol. The second-order valence-electron chi connectivity index (χ2n) is 5.35. The average molecular weight is 311 g/mol. The SMILES string of the molecule is Cc1cccc([N+](=O)[O-])c1C(=O)N1CCCCC1CCCl. The molecule has 2 rings (SSSR count). The number of carbonyl (C=O) groups is 1. The van der Waals surface area contributed by atoms with E-state index in [0.717, 1.165) is 25.7 Å². The number of hydrogen-bond acceptors (Lipinski definition) is 3. The van der Waals surface area contributed by atoms with Crippen molar-refractivity contribution in [2.45, 2.75) is 38.6 Å². The molecule has 1 atom stereocenters. The van der Waals surface area contributed by atoms with Crippen molar-refractivity contribution < 1.29 is 9.72 Å². The third-order valence-corrected chi connectivity index (χ3v) is 4.21. The second-order valence-corrected chi connectivity index (χ2v) is 5.73. The molecule has 1 fully saturated rings. The highest BCUT2D eigenvalue weighted by atomic mass is 35.5. The molecule has 1 saturated heterocycles. The molecular weight excluding hydrogens is 292 g/mol. The van der Waals surface area contributed by atoms with Crippen LogP contribution in [-0.2, 0) is 0 Å². The molecule has 0 saturated carbocycles. The molecule has 0 N–H and O–H groups in total. The predicted molar refractivity (Wildman–Crippen MR) is 81.8 cm³/mol. The fraction of sp³-hybridized carbons (Fsp3) is 0.533. The molecule has 114 valence electrons. The summed E-state index contributed by atoms with van der Waals surface area (Å²) < 4.78 is 0. The average Bonchev–Trinajstić information content (AvgIpc) is 2.47. The number of rotatable bonds is 4. The minimum Gasteiger partial charge on any atom is -0.335 e. The Morgan fingerprint density at radius 3 is 2.90 bits per heavy atom. The smallest absolute Gasteiger partial charge is 0.282 e. The highest BCUT2D eigenvalue weighted by molar-refractivity contribution is 6.17. The summed E-state index contributed by atoms with van der Waals surface area (Å²) in [5, 5.41) is 11.2. The van der Waals surface area contributed by atoms with Crippen molar-refractivity contribution in [2.75, 3.05) is 12.4 Å². The van der Waals surface area contributed by atoms with Crippen molar-refractivity contribution in [3.8, 4) is 0 Å². The van der Waals surface area contributed by atoms with Gasteiger partial charge in [-0.1, -0.05) is 12.1 Å². The van der Waals surface area contributed by atoms with E-state index in [2.05, 4.69) is 0 Å². The Balaban J connectivity index is 2.36. The van der Waals surface area contributed by atoms with E-state index in [4.69, 9.17) is 11.6 Å². The maximum absolute atomic E-state index is 12.8. The molecule has 5 nitrogen and oxygen atoms in total. The Bertz CT molecular complexity index is 546. The van der Waals surface area contributed by atoms with Gasteiger partial charge >= 0.3 is 0 Å². The maximum Gasteiger partial charge on any atom is 0.282 e. The van der Waals surface area contributed by atoms with Crippen LogP contribution in [0.5, 0.6) is 0 Å². The lowest BCUT2D eigenvalue weighted by atomic mass is 9.97. The van der Waals surface area contributed by atoms with Gasteiger partial charge in [-0.2, -0.15) is 0 Å². The number of halogens is 1. The molecule has 0 bridgehead atoms. The topological polar surface area (TPSA) is 63.5 Å². The summed E-state index contributed by atoms with van der Waals surface area (Å²) in [7, 11) is 0. The quantitative estimate of drug-likeness (QED) is 0.485. The maximum atomic E-state index is 12.8. The number of nitro benzene ring substituents is 1. The van der Waals surface area contributed by atoms with Gasteiger partial charge in [-0.3, -0.25) is 14.9 Å². The van der Waals surface area contributed by atoms with E-state index in [1.807, 2.05) is 0 Å². The second kappa shape index (κ2) is 6.89. The zero-order chi connectivity index (χ0) is 15.4. The number of benzene rings is 1. The van der Waals surface area contributed by atoms with Crippen LogP contribution in [0, 0.1) is 17.0 Å². The van der Waals surface area contributed by atoms with Crippen molar-refractivity contribution in [1.82, 2.24) is 4.90 Å². The molecular formula is C15H19ClN2O3. The lowest BCUT2D eigenvalue weighted by molar-refractivity contribution is -0.385. The first-order chi connectivity index (χ1) is 10.1. The van der Waals surface area contributed by atoms with Crippen molar-refractivity contribution in [1.29, 1.82) is 0 Å². The van der Waals surface area contributed by atoms with Crippen LogP contribution >= 0.6 is 11.6 Å². The lowest BCUT2D eigenvalue weighted by Gasteiger charge is -2.35. The molecule has 0 aliphatic carbocycles. The summed E-state index contributed by atoms with van der Waals surface area (Å²) in [6.07, 6.45) is 3.65. The number of hydrogen-bond donors (Lipinski definition) is 0. The van der Waals surface area contributed by atoms with Crippen molar-refractivity contribution in [3.63, 3.8) is 0 Å². The Morgan fingerprint density at radius 2 is 2.24 bits per heavy atom. The van der Waals surface area contributed by atoms with Gasteiger partial charge in [0, 0.05) is 24.5 Å². The number of nitrogens with zero attached hydrogens (tertiary/aromatic N) is 2. The highest BCUT2D eigenvalue weighted by Crippen LogP contribution is 2.28. The molecule has 1 unspecified atom stereocenters. The van der Waals surface area contributed by atoms with E-state index in [9.17, 15) is 14.9 Å². The third kappa shape index (κ3) is 3.35. The summed E-state index contributed by atoms with van der Waals surface area (Å²) in [4.78, 5) is 25.3. The van der Waals surface area contributed by atoms with E-state index < -0.39 is 4.92 Å². The van der Waals surface area contributed by atoms with Gasteiger partial charge in [-0.25, -0.2) is 0 Å². The van der Waals surface area contributed by atoms with E-state index in [1.54, 1.807) is 24.0 Å². The number of aryl methyl sites for hydroxylation is 1. The fourth-order valence-electron chi connectivity index (χ4n) is 2.92. The van der Waals surface area contributed by atoms with Gasteiger partial charge in [0.15, 0.2) is 0 Å². The number of nitro groups is 1. The lowest BCUT2D eigenvalue weighted by Crippen LogP contribution is -2.44. The summed E-state index contributed by atoms with van der Waals surface area (Å²) >= 11 is 5.82. The van der Waals surface area contributed by atoms with Crippen molar-refractivity contribution in [3.05, 3.63) is 39.4 Å². The first-order valence-corrected chi connectivity index (χ1v) is 7.70. The number of piperidine rings is 1. The molecule has 1 aliphatic rings. The first kappa shape index (κ1) is 15.8. The van der Waals surface area contributed by atoms with Crippen LogP contribution in [0.25, 0.3) is 0 Å². The van der Waals surface area contributed by atoms with Crippen LogP contribution < -0.4 is 0 Å². The molecule has 1 aliphatic heterocycles. The van der Waals surface area contributed by atoms with E-state index in [0.29, 0.717) is 18.0 Å². The molecule has 1 aromatic rings. The van der Waals surface area contributed by atoms with Crippen LogP contribution in [0.1, 0.15) is 41.6 Å². The standard InChI is InChI=1S/C15H19ClN2O3/c1-11-5-4-7-13(18(20)21)14(11)15(19)17-10-3-2-6-12(17)8-9-16/h4-5,7,12H,2-3,6,8-10H2,1H3. The third-order valence-electron chi connectivity index (χ3n) is 3.99. The number of likely N-dealkylation sites (tertiary alicyclic amines) is 1. The largest absolute Gasteiger partial charge is 0.335 e. The zero-order valence-electron chi connectivity index (χ0n) is 12.0. The Kier molecular flexibility index (Phi) is 5.17. The molecule has 1 heterocycles. The molecule has 0 spiro atoms. The van der Waals surface area contributed by atoms with Gasteiger partial charge in [-0.15, -0.1) is 11.6 Å². The first-order valence-electron chi connectivity index (χ1n) is 7.17. The van der Waals surface area contributed by atoms with Crippen molar-refractivity contribution in [2.24, 2.45) is 0 Å². The van der Waals surface area contributed by atoms with Crippen LogP contribution in [0.3, 0.4) is 0 Å². The Labute approximate surface area is 129 Å². The van der Waals surface area contributed by atoms with Crippen LogP contribution in [-0.4, -0.2) is 34.2 Å². The van der Waals surface area contributed by atoms with E-state index >= 15 is 0 Å². The number of alkyl halides is 1. The minimum atomic E-state index is -0.485. The molecule has 1 aromatic carbocycles. The highest BCUT2D eigenvalue weighted by Gasteiger charge is 2.31. The van der Waals surface area contributed by atoms with Gasteiger partial charge in [-0.05, 0) is 38.2 Å². The Hall–Kier alpha value is -1.62. The molecule has 0 aromatic heterocycles. The molecule has 0 radical (unpaired) electrons. The summed E-state index contributed by atoms with van der Waals surface area (Å²) in [5.74, 6) is 0.249. The zero-order valence-corrected chi connectivity index (χ0v) is 12.8. The molecule has 21 heavy (non-hydrogen) atoms. The molecule has 6 heteroatoms. The van der Waals surface area contributed by atoms with Crippen LogP contribution in [0.4, 0.5) is 5.69 Å². The Morgan fingerprint density at radius 1 is 1.48 bits per heavy atom.